The van der Waals surface area contributed by atoms with E-state index in [1.165, 1.54) is 16.4 Å². The van der Waals surface area contributed by atoms with Gasteiger partial charge < -0.3 is 5.32 Å². The van der Waals surface area contributed by atoms with Crippen molar-refractivity contribution in [2.45, 2.75) is 44.3 Å². The van der Waals surface area contributed by atoms with Gasteiger partial charge in [-0.15, -0.1) is 0 Å². The Morgan fingerprint density at radius 2 is 1.72 bits per heavy atom. The molecule has 4 rings (SSSR count). The predicted molar refractivity (Wildman–Crippen MR) is 121 cm³/mol. The molecular formula is C25H25FN2O3S. The number of amides is 1. The molecule has 0 aliphatic carbocycles. The summed E-state index contributed by atoms with van der Waals surface area (Å²) in [5.74, 6) is -0.729. The number of carbonyl (C=O) groups is 1. The van der Waals surface area contributed by atoms with Crippen molar-refractivity contribution in [2.24, 2.45) is 0 Å². The molecule has 3 aromatic carbocycles. The van der Waals surface area contributed by atoms with Crippen molar-refractivity contribution in [3.05, 3.63) is 100 Å². The molecule has 1 unspecified atom stereocenters. The fraction of sp³-hybridized carbons (Fsp3) is 0.240. The Morgan fingerprint density at radius 1 is 1.03 bits per heavy atom. The van der Waals surface area contributed by atoms with Crippen molar-refractivity contribution < 1.29 is 17.6 Å². The zero-order chi connectivity index (χ0) is 22.9. The normalized spacial score (nSPS) is 16.4. The minimum atomic E-state index is -3.92. The second-order valence-corrected chi connectivity index (χ2v) is 10.0. The number of nitrogens with one attached hydrogen (secondary N) is 1. The monoisotopic (exact) mass is 452 g/mol. The van der Waals surface area contributed by atoms with Crippen LogP contribution in [0.1, 0.15) is 27.8 Å². The number of benzene rings is 3. The van der Waals surface area contributed by atoms with Gasteiger partial charge in [0.25, 0.3) is 0 Å². The quantitative estimate of drug-likeness (QED) is 0.639. The van der Waals surface area contributed by atoms with Crippen molar-refractivity contribution in [3.8, 4) is 0 Å². The number of carbonyl (C=O) groups excluding carboxylic acids is 1. The van der Waals surface area contributed by atoms with E-state index in [1.54, 1.807) is 31.2 Å². The molecule has 1 N–H and O–H groups in total. The fourth-order valence-electron chi connectivity index (χ4n) is 4.00. The number of hydrogen-bond donors (Lipinski definition) is 1. The highest BCUT2D eigenvalue weighted by Crippen LogP contribution is 2.31. The van der Waals surface area contributed by atoms with Gasteiger partial charge in [-0.2, -0.15) is 4.31 Å². The summed E-state index contributed by atoms with van der Waals surface area (Å²) in [6.45, 7) is 3.92. The van der Waals surface area contributed by atoms with Crippen LogP contribution in [-0.4, -0.2) is 24.7 Å². The van der Waals surface area contributed by atoms with E-state index in [0.29, 0.717) is 5.56 Å². The van der Waals surface area contributed by atoms with Crippen molar-refractivity contribution in [3.63, 3.8) is 0 Å². The lowest BCUT2D eigenvalue weighted by molar-refractivity contribution is -0.125. The molecule has 7 heteroatoms. The van der Waals surface area contributed by atoms with Crippen LogP contribution in [0.2, 0.25) is 0 Å². The van der Waals surface area contributed by atoms with Crippen molar-refractivity contribution in [1.82, 2.24) is 9.62 Å². The van der Waals surface area contributed by atoms with Gasteiger partial charge in [0, 0.05) is 13.1 Å². The van der Waals surface area contributed by atoms with Crippen LogP contribution in [0.15, 0.2) is 71.6 Å². The third-order valence-electron chi connectivity index (χ3n) is 5.82. The standard InChI is InChI=1S/C25H25FN2O3S/c1-17-7-8-18(2)24(13-17)32(30,31)28-16-21-6-4-3-5-20(21)14-23(28)25(29)27-15-19-9-11-22(26)12-10-19/h3-13,23H,14-16H2,1-2H3,(H,27,29). The largest absolute Gasteiger partial charge is 0.351 e. The van der Waals surface area contributed by atoms with Gasteiger partial charge in [-0.25, -0.2) is 12.8 Å². The summed E-state index contributed by atoms with van der Waals surface area (Å²) < 4.78 is 41.9. The van der Waals surface area contributed by atoms with Gasteiger partial charge >= 0.3 is 0 Å². The van der Waals surface area contributed by atoms with Crippen LogP contribution >= 0.6 is 0 Å². The minimum Gasteiger partial charge on any atom is -0.351 e. The van der Waals surface area contributed by atoms with E-state index >= 15 is 0 Å². The van der Waals surface area contributed by atoms with Crippen LogP contribution < -0.4 is 5.32 Å². The summed E-state index contributed by atoms with van der Waals surface area (Å²) in [6.07, 6.45) is 0.287. The minimum absolute atomic E-state index is 0.126. The Hall–Kier alpha value is -3.03. The van der Waals surface area contributed by atoms with E-state index in [1.807, 2.05) is 37.3 Å². The lowest BCUT2D eigenvalue weighted by atomic mass is 9.95. The van der Waals surface area contributed by atoms with Crippen LogP contribution in [0.4, 0.5) is 4.39 Å². The average Bonchev–Trinajstić information content (AvgIpc) is 2.79. The highest BCUT2D eigenvalue weighted by Gasteiger charge is 2.40. The Morgan fingerprint density at radius 3 is 2.44 bits per heavy atom. The zero-order valence-electron chi connectivity index (χ0n) is 18.0. The molecule has 32 heavy (non-hydrogen) atoms. The summed E-state index contributed by atoms with van der Waals surface area (Å²) in [4.78, 5) is 13.4. The molecule has 1 amide bonds. The number of sulfonamides is 1. The van der Waals surface area contributed by atoms with E-state index in [0.717, 1.165) is 22.3 Å². The second-order valence-electron chi connectivity index (χ2n) is 8.15. The van der Waals surface area contributed by atoms with Crippen LogP contribution in [-0.2, 0) is 34.3 Å². The van der Waals surface area contributed by atoms with Crippen molar-refractivity contribution in [1.29, 1.82) is 0 Å². The first-order chi connectivity index (χ1) is 15.3. The van der Waals surface area contributed by atoms with Gasteiger partial charge in [0.2, 0.25) is 15.9 Å². The lowest BCUT2D eigenvalue weighted by Crippen LogP contribution is -2.52. The first-order valence-electron chi connectivity index (χ1n) is 10.4. The fourth-order valence-corrected chi connectivity index (χ4v) is 5.87. The molecule has 1 aliphatic rings. The van der Waals surface area contributed by atoms with Gasteiger partial charge in [0.05, 0.1) is 4.90 Å². The SMILES string of the molecule is Cc1ccc(C)c(S(=O)(=O)N2Cc3ccccc3CC2C(=O)NCc2ccc(F)cc2)c1. The summed E-state index contributed by atoms with van der Waals surface area (Å²) >= 11 is 0. The van der Waals surface area contributed by atoms with E-state index in [4.69, 9.17) is 0 Å². The molecule has 1 atom stereocenters. The Labute approximate surface area is 187 Å². The number of rotatable bonds is 5. The molecule has 0 saturated heterocycles. The Kier molecular flexibility index (Phi) is 6.13. The van der Waals surface area contributed by atoms with E-state index < -0.39 is 16.1 Å². The van der Waals surface area contributed by atoms with Gasteiger partial charge in [-0.3, -0.25) is 4.79 Å². The maximum Gasteiger partial charge on any atom is 0.244 e. The van der Waals surface area contributed by atoms with Crippen LogP contribution in [0.5, 0.6) is 0 Å². The van der Waals surface area contributed by atoms with Crippen LogP contribution in [0, 0.1) is 19.7 Å². The summed E-state index contributed by atoms with van der Waals surface area (Å²) in [7, 11) is -3.92. The molecule has 166 valence electrons. The molecule has 0 saturated carbocycles. The summed E-state index contributed by atoms with van der Waals surface area (Å²) in [6, 6.07) is 17.9. The topological polar surface area (TPSA) is 66.5 Å². The van der Waals surface area contributed by atoms with E-state index in [9.17, 15) is 17.6 Å². The van der Waals surface area contributed by atoms with E-state index in [2.05, 4.69) is 5.32 Å². The molecular weight excluding hydrogens is 427 g/mol. The molecule has 0 aromatic heterocycles. The van der Waals surface area contributed by atoms with Crippen molar-refractivity contribution >= 4 is 15.9 Å². The van der Waals surface area contributed by atoms with E-state index in [-0.39, 0.29) is 36.1 Å². The number of fused-ring (bicyclic) bond motifs is 1. The number of hydrogen-bond acceptors (Lipinski definition) is 3. The molecule has 0 fully saturated rings. The maximum absolute atomic E-state index is 13.7. The Bertz CT molecular complexity index is 1260. The van der Waals surface area contributed by atoms with Gasteiger partial charge in [-0.05, 0) is 66.3 Å². The number of halogens is 1. The lowest BCUT2D eigenvalue weighted by Gasteiger charge is -2.35. The molecule has 3 aromatic rings. The average molecular weight is 453 g/mol. The highest BCUT2D eigenvalue weighted by atomic mass is 32.2. The molecule has 1 aliphatic heterocycles. The second kappa shape index (κ2) is 8.84. The Balaban J connectivity index is 1.67. The summed E-state index contributed by atoms with van der Waals surface area (Å²) in [5.41, 5.74) is 4.06. The highest BCUT2D eigenvalue weighted by molar-refractivity contribution is 7.89. The molecule has 0 radical (unpaired) electrons. The van der Waals surface area contributed by atoms with Crippen molar-refractivity contribution in [2.75, 3.05) is 0 Å². The van der Waals surface area contributed by atoms with Crippen LogP contribution in [0.25, 0.3) is 0 Å². The number of aryl methyl sites for hydroxylation is 2. The van der Waals surface area contributed by atoms with Gasteiger partial charge in [-0.1, -0.05) is 48.5 Å². The number of nitrogens with zero attached hydrogens (tertiary/aromatic N) is 1. The zero-order valence-corrected chi connectivity index (χ0v) is 18.8. The van der Waals surface area contributed by atoms with Gasteiger partial charge in [0.1, 0.15) is 11.9 Å². The summed E-state index contributed by atoms with van der Waals surface area (Å²) in [5, 5.41) is 2.83. The molecule has 0 spiro atoms. The molecule has 1 heterocycles. The molecule has 0 bridgehead atoms. The van der Waals surface area contributed by atoms with Gasteiger partial charge in [0.15, 0.2) is 0 Å². The first kappa shape index (κ1) is 22.2. The maximum atomic E-state index is 13.7. The third kappa shape index (κ3) is 4.45. The predicted octanol–water partition coefficient (Wildman–Crippen LogP) is 3.87. The smallest absolute Gasteiger partial charge is 0.244 e. The first-order valence-corrected chi connectivity index (χ1v) is 11.9. The third-order valence-corrected chi connectivity index (χ3v) is 7.82. The molecule has 5 nitrogen and oxygen atoms in total. The van der Waals surface area contributed by atoms with Crippen LogP contribution in [0.3, 0.4) is 0 Å².